The molecule has 1 aliphatic heterocycles. The van der Waals surface area contributed by atoms with E-state index < -0.39 is 0 Å². The molecule has 15 heavy (non-hydrogen) atoms. The third kappa shape index (κ3) is 2.08. The first kappa shape index (κ1) is 11.4. The molecule has 1 atom stereocenters. The minimum Gasteiger partial charge on any atom is -0.342 e. The van der Waals surface area contributed by atoms with Gasteiger partial charge in [-0.05, 0) is 18.3 Å². The second-order valence-electron chi connectivity index (χ2n) is 5.70. The molecule has 86 valence electrons. The van der Waals surface area contributed by atoms with Gasteiger partial charge >= 0.3 is 0 Å². The van der Waals surface area contributed by atoms with E-state index in [2.05, 4.69) is 29.8 Å². The number of halogens is 1. The summed E-state index contributed by atoms with van der Waals surface area (Å²) >= 11 is 3.47. The van der Waals surface area contributed by atoms with Crippen LogP contribution >= 0.6 is 15.9 Å². The number of rotatable bonds is 2. The van der Waals surface area contributed by atoms with Crippen molar-refractivity contribution in [2.75, 3.05) is 18.4 Å². The van der Waals surface area contributed by atoms with Gasteiger partial charge in [0.25, 0.3) is 0 Å². The smallest absolute Gasteiger partial charge is 0.226 e. The molecule has 1 aliphatic carbocycles. The maximum atomic E-state index is 12.2. The van der Waals surface area contributed by atoms with Crippen molar-refractivity contribution in [1.82, 2.24) is 4.90 Å². The molecule has 1 saturated heterocycles. The van der Waals surface area contributed by atoms with Crippen molar-refractivity contribution >= 4 is 21.8 Å². The molecule has 0 radical (unpaired) electrons. The lowest BCUT2D eigenvalue weighted by Gasteiger charge is -2.42. The number of carbonyl (C=O) groups excluding carboxylic acids is 1. The van der Waals surface area contributed by atoms with Crippen molar-refractivity contribution in [2.45, 2.75) is 33.1 Å². The van der Waals surface area contributed by atoms with Crippen LogP contribution < -0.4 is 0 Å². The van der Waals surface area contributed by atoms with Crippen molar-refractivity contribution in [3.63, 3.8) is 0 Å². The Labute approximate surface area is 101 Å². The number of amides is 1. The molecule has 3 heteroatoms. The fraction of sp³-hybridized carbons (Fsp3) is 0.917. The molecule has 2 nitrogen and oxygen atoms in total. The Hall–Kier alpha value is -0.0500. The molecule has 0 aromatic heterocycles. The van der Waals surface area contributed by atoms with Crippen LogP contribution in [0.25, 0.3) is 0 Å². The normalized spacial score (nSPS) is 30.3. The summed E-state index contributed by atoms with van der Waals surface area (Å²) < 4.78 is 0. The third-order valence-corrected chi connectivity index (χ3v) is 4.96. The molecule has 2 rings (SSSR count). The van der Waals surface area contributed by atoms with E-state index in [1.54, 1.807) is 0 Å². The summed E-state index contributed by atoms with van der Waals surface area (Å²) in [6, 6.07) is 0. The maximum Gasteiger partial charge on any atom is 0.226 e. The van der Waals surface area contributed by atoms with Crippen LogP contribution in [0.2, 0.25) is 0 Å². The van der Waals surface area contributed by atoms with E-state index in [1.807, 2.05) is 4.90 Å². The largest absolute Gasteiger partial charge is 0.342 e. The van der Waals surface area contributed by atoms with Crippen molar-refractivity contribution in [2.24, 2.45) is 17.3 Å². The van der Waals surface area contributed by atoms with Gasteiger partial charge in [0.1, 0.15) is 0 Å². The molecular weight excluding hydrogens is 254 g/mol. The Morgan fingerprint density at radius 1 is 1.47 bits per heavy atom. The van der Waals surface area contributed by atoms with Gasteiger partial charge in [-0.3, -0.25) is 4.79 Å². The zero-order valence-electron chi connectivity index (χ0n) is 9.63. The predicted octanol–water partition coefficient (Wildman–Crippen LogP) is 2.67. The molecule has 2 aliphatic rings. The molecule has 1 heterocycles. The van der Waals surface area contributed by atoms with E-state index in [-0.39, 0.29) is 11.3 Å². The minimum atomic E-state index is 0.233. The highest BCUT2D eigenvalue weighted by atomic mass is 79.9. The van der Waals surface area contributed by atoms with Gasteiger partial charge < -0.3 is 4.90 Å². The Morgan fingerprint density at radius 3 is 2.60 bits per heavy atom. The molecule has 0 aromatic rings. The van der Waals surface area contributed by atoms with E-state index in [0.717, 1.165) is 24.8 Å². The summed E-state index contributed by atoms with van der Waals surface area (Å²) in [7, 11) is 0. The molecule has 1 unspecified atom stereocenters. The highest BCUT2D eigenvalue weighted by Crippen LogP contribution is 2.44. The van der Waals surface area contributed by atoms with Crippen LogP contribution in [0.3, 0.4) is 0 Å². The van der Waals surface area contributed by atoms with Crippen LogP contribution in [0.1, 0.15) is 33.1 Å². The monoisotopic (exact) mass is 273 g/mol. The standard InChI is InChI=1S/C12H20BrNO/c1-12(2)5-3-4-10(12)11(15)14-7-9(6-13)8-14/h9-10H,3-8H2,1-2H3. The van der Waals surface area contributed by atoms with Gasteiger partial charge in [0.05, 0.1) is 0 Å². The second kappa shape index (κ2) is 4.08. The molecule has 2 fully saturated rings. The van der Waals surface area contributed by atoms with Crippen LogP contribution in [0.5, 0.6) is 0 Å². The predicted molar refractivity (Wildman–Crippen MR) is 65.0 cm³/mol. The topological polar surface area (TPSA) is 20.3 Å². The zero-order valence-corrected chi connectivity index (χ0v) is 11.2. The SMILES string of the molecule is CC1(C)CCCC1C(=O)N1CC(CBr)C1. The van der Waals surface area contributed by atoms with Gasteiger partial charge in [-0.1, -0.05) is 36.2 Å². The van der Waals surface area contributed by atoms with E-state index in [1.165, 1.54) is 12.8 Å². The van der Waals surface area contributed by atoms with Gasteiger partial charge in [-0.25, -0.2) is 0 Å². The van der Waals surface area contributed by atoms with Crippen LogP contribution in [0.4, 0.5) is 0 Å². The number of hydrogen-bond acceptors (Lipinski definition) is 1. The Kier molecular flexibility index (Phi) is 3.11. The van der Waals surface area contributed by atoms with E-state index in [0.29, 0.717) is 11.8 Å². The summed E-state index contributed by atoms with van der Waals surface area (Å²) in [4.78, 5) is 14.3. The van der Waals surface area contributed by atoms with E-state index in [4.69, 9.17) is 0 Å². The quantitative estimate of drug-likeness (QED) is 0.709. The molecule has 0 aromatic carbocycles. The Morgan fingerprint density at radius 2 is 2.13 bits per heavy atom. The highest BCUT2D eigenvalue weighted by molar-refractivity contribution is 9.09. The Bertz CT molecular complexity index is 258. The fourth-order valence-corrected chi connectivity index (χ4v) is 3.26. The number of nitrogens with zero attached hydrogens (tertiary/aromatic N) is 1. The summed E-state index contributed by atoms with van der Waals surface area (Å²) in [5, 5.41) is 1.03. The lowest BCUT2D eigenvalue weighted by atomic mass is 9.80. The van der Waals surface area contributed by atoms with Gasteiger partial charge in [0.15, 0.2) is 0 Å². The van der Waals surface area contributed by atoms with Gasteiger partial charge in [-0.2, -0.15) is 0 Å². The van der Waals surface area contributed by atoms with Gasteiger partial charge in [-0.15, -0.1) is 0 Å². The van der Waals surface area contributed by atoms with Crippen molar-refractivity contribution in [3.05, 3.63) is 0 Å². The van der Waals surface area contributed by atoms with Crippen molar-refractivity contribution in [1.29, 1.82) is 0 Å². The summed E-state index contributed by atoms with van der Waals surface area (Å²) in [5.74, 6) is 1.39. The van der Waals surface area contributed by atoms with Crippen LogP contribution in [-0.4, -0.2) is 29.2 Å². The molecule has 1 amide bonds. The van der Waals surface area contributed by atoms with Crippen molar-refractivity contribution in [3.8, 4) is 0 Å². The molecule has 0 bridgehead atoms. The van der Waals surface area contributed by atoms with Crippen molar-refractivity contribution < 1.29 is 4.79 Å². The summed E-state index contributed by atoms with van der Waals surface area (Å²) in [6.45, 7) is 6.42. The molecule has 1 saturated carbocycles. The molecule has 0 N–H and O–H groups in total. The molecule has 0 spiro atoms. The van der Waals surface area contributed by atoms with Crippen LogP contribution in [0.15, 0.2) is 0 Å². The van der Waals surface area contributed by atoms with Crippen LogP contribution in [-0.2, 0) is 4.79 Å². The lowest BCUT2D eigenvalue weighted by Crippen LogP contribution is -2.53. The van der Waals surface area contributed by atoms with E-state index >= 15 is 0 Å². The summed E-state index contributed by atoms with van der Waals surface area (Å²) in [5.41, 5.74) is 0.233. The summed E-state index contributed by atoms with van der Waals surface area (Å²) in [6.07, 6.45) is 3.53. The number of carbonyl (C=O) groups is 1. The number of hydrogen-bond donors (Lipinski definition) is 0. The number of likely N-dealkylation sites (tertiary alicyclic amines) is 1. The first-order valence-electron chi connectivity index (χ1n) is 5.89. The van der Waals surface area contributed by atoms with Crippen LogP contribution in [0, 0.1) is 17.3 Å². The third-order valence-electron chi connectivity index (χ3n) is 4.04. The maximum absolute atomic E-state index is 12.2. The Balaban J connectivity index is 1.92. The zero-order chi connectivity index (χ0) is 11.1. The van der Waals surface area contributed by atoms with Gasteiger partial charge in [0, 0.05) is 30.3 Å². The van der Waals surface area contributed by atoms with Gasteiger partial charge in [0.2, 0.25) is 5.91 Å². The molecular formula is C12H20BrNO. The average Bonchev–Trinajstić information content (AvgIpc) is 2.43. The highest BCUT2D eigenvalue weighted by Gasteiger charge is 2.43. The first-order chi connectivity index (χ1) is 7.04. The van der Waals surface area contributed by atoms with E-state index in [9.17, 15) is 4.79 Å². The number of alkyl halides is 1. The minimum absolute atomic E-state index is 0.233. The fourth-order valence-electron chi connectivity index (χ4n) is 2.85. The average molecular weight is 274 g/mol. The second-order valence-corrected chi connectivity index (χ2v) is 6.34. The first-order valence-corrected chi connectivity index (χ1v) is 7.01. The lowest BCUT2D eigenvalue weighted by molar-refractivity contribution is -0.144.